The molecule has 0 spiro atoms. The van der Waals surface area contributed by atoms with Crippen molar-refractivity contribution in [3.63, 3.8) is 0 Å². The summed E-state index contributed by atoms with van der Waals surface area (Å²) in [6.07, 6.45) is -15.6. The largest absolute Gasteiger partial charge is 0.394 e. The topological polar surface area (TPSA) is 190 Å². The van der Waals surface area contributed by atoms with Gasteiger partial charge < -0.3 is 55.1 Å². The zero-order valence-corrected chi connectivity index (χ0v) is 12.0. The van der Waals surface area contributed by atoms with Crippen LogP contribution in [0.3, 0.4) is 0 Å². The minimum atomic E-state index is -1.74. The Morgan fingerprint density at radius 3 is 1.83 bits per heavy atom. The molecular weight excluding hydrogens is 320 g/mol. The second kappa shape index (κ2) is 7.63. The smallest absolute Gasteiger partial charge is 0.187 e. The molecule has 2 saturated heterocycles. The van der Waals surface area contributed by atoms with Gasteiger partial charge in [-0.15, -0.1) is 0 Å². The molecule has 11 heteroatoms. The Bertz CT molecular complexity index is 378. The minimum Gasteiger partial charge on any atom is -0.394 e. The van der Waals surface area contributed by atoms with Crippen LogP contribution in [0.25, 0.3) is 0 Å². The van der Waals surface area contributed by atoms with Crippen LogP contribution in [0.5, 0.6) is 0 Å². The Balaban J connectivity index is 2.11. The molecule has 0 saturated carbocycles. The average Bonchev–Trinajstić information content (AvgIpc) is 2.55. The second-order valence-corrected chi connectivity index (χ2v) is 5.53. The van der Waals surface area contributed by atoms with E-state index in [-0.39, 0.29) is 0 Å². The van der Waals surface area contributed by atoms with Crippen LogP contribution in [0, 0.1) is 0 Å². The highest BCUT2D eigenvalue weighted by Crippen LogP contribution is 2.28. The fourth-order valence-corrected chi connectivity index (χ4v) is 2.57. The lowest BCUT2D eigenvalue weighted by atomic mass is 9.97. The normalized spacial score (nSPS) is 51.7. The summed E-state index contributed by atoms with van der Waals surface area (Å²) in [4.78, 5) is 0. The zero-order valence-electron chi connectivity index (χ0n) is 12.0. The third kappa shape index (κ3) is 3.65. The molecule has 0 aromatic rings. The van der Waals surface area contributed by atoms with Crippen molar-refractivity contribution >= 4 is 0 Å². The maximum Gasteiger partial charge on any atom is 0.187 e. The Kier molecular flexibility index (Phi) is 6.27. The molecule has 0 radical (unpaired) electrons. The van der Waals surface area contributed by atoms with Gasteiger partial charge in [-0.2, -0.15) is 0 Å². The van der Waals surface area contributed by atoms with Crippen LogP contribution < -0.4 is 0 Å². The molecule has 136 valence electrons. The number of hydrogen-bond acceptors (Lipinski definition) is 11. The molecule has 23 heavy (non-hydrogen) atoms. The fraction of sp³-hybridized carbons (Fsp3) is 1.00. The Morgan fingerprint density at radius 2 is 1.26 bits per heavy atom. The van der Waals surface area contributed by atoms with Crippen LogP contribution in [0.2, 0.25) is 0 Å². The number of aliphatic hydroxyl groups excluding tert-OH is 8. The summed E-state index contributed by atoms with van der Waals surface area (Å²) in [5, 5.41) is 76.5. The third-order valence-corrected chi connectivity index (χ3v) is 3.98. The highest BCUT2D eigenvalue weighted by atomic mass is 16.7. The van der Waals surface area contributed by atoms with E-state index >= 15 is 0 Å². The molecule has 0 aromatic carbocycles. The van der Waals surface area contributed by atoms with Crippen molar-refractivity contribution in [2.24, 2.45) is 0 Å². The van der Waals surface area contributed by atoms with Gasteiger partial charge in [-0.25, -0.2) is 0 Å². The van der Waals surface area contributed by atoms with E-state index in [1.165, 1.54) is 0 Å². The van der Waals surface area contributed by atoms with Crippen molar-refractivity contribution in [2.75, 3.05) is 13.2 Å². The van der Waals surface area contributed by atoms with Crippen LogP contribution in [0.1, 0.15) is 0 Å². The van der Waals surface area contributed by atoms with E-state index in [1.807, 2.05) is 0 Å². The number of aliphatic hydroxyl groups is 8. The zero-order chi connectivity index (χ0) is 17.3. The van der Waals surface area contributed by atoms with Crippen molar-refractivity contribution in [2.45, 2.75) is 61.4 Å². The highest BCUT2D eigenvalue weighted by molar-refractivity contribution is 4.93. The summed E-state index contributed by atoms with van der Waals surface area (Å²) in [6.45, 7) is -1.35. The summed E-state index contributed by atoms with van der Waals surface area (Å²) in [5.74, 6) is 0. The van der Waals surface area contributed by atoms with Gasteiger partial charge in [0.1, 0.15) is 48.8 Å². The maximum atomic E-state index is 9.94. The number of hydrogen-bond donors (Lipinski definition) is 8. The Labute approximate surface area is 130 Å². The van der Waals surface area contributed by atoms with Gasteiger partial charge in [0.2, 0.25) is 0 Å². The van der Waals surface area contributed by atoms with Crippen molar-refractivity contribution in [1.82, 2.24) is 0 Å². The molecule has 2 rings (SSSR count). The van der Waals surface area contributed by atoms with Crippen LogP contribution in [-0.2, 0) is 14.2 Å². The molecule has 8 N–H and O–H groups in total. The monoisotopic (exact) mass is 342 g/mol. The molecule has 11 nitrogen and oxygen atoms in total. The summed E-state index contributed by atoms with van der Waals surface area (Å²) >= 11 is 0. The van der Waals surface area contributed by atoms with E-state index in [0.29, 0.717) is 0 Å². The standard InChI is InChI=1S/C12H22O11/c13-1-3-5(15)6(16)9(19)12(22-3)23-10-4(2-14)21-11(20)8(18)7(10)17/h3-20H,1-2H2/t3-,4-,5+,6-,7-,8-,9-,10?,11-,12+/m1/s1. The first kappa shape index (κ1) is 18.9. The minimum absolute atomic E-state index is 0.667. The van der Waals surface area contributed by atoms with Gasteiger partial charge in [-0.3, -0.25) is 0 Å². The summed E-state index contributed by atoms with van der Waals surface area (Å²) in [6, 6.07) is 0. The molecule has 2 aliphatic heterocycles. The lowest BCUT2D eigenvalue weighted by Crippen LogP contribution is -2.64. The first-order valence-corrected chi connectivity index (χ1v) is 7.08. The van der Waals surface area contributed by atoms with Crippen LogP contribution in [0.15, 0.2) is 0 Å². The molecule has 2 fully saturated rings. The molecular formula is C12H22O11. The average molecular weight is 342 g/mol. The Hall–Kier alpha value is -0.440. The summed E-state index contributed by atoms with van der Waals surface area (Å²) in [5.41, 5.74) is 0. The molecule has 1 unspecified atom stereocenters. The summed E-state index contributed by atoms with van der Waals surface area (Å²) < 4.78 is 15.3. The molecule has 0 bridgehead atoms. The van der Waals surface area contributed by atoms with Crippen molar-refractivity contribution in [3.8, 4) is 0 Å². The van der Waals surface area contributed by atoms with E-state index in [9.17, 15) is 35.7 Å². The molecule has 0 amide bonds. The van der Waals surface area contributed by atoms with Gasteiger partial charge in [-0.05, 0) is 0 Å². The molecule has 2 aliphatic rings. The van der Waals surface area contributed by atoms with Crippen molar-refractivity contribution in [3.05, 3.63) is 0 Å². The third-order valence-electron chi connectivity index (χ3n) is 3.98. The van der Waals surface area contributed by atoms with E-state index < -0.39 is 74.6 Å². The molecule has 10 atom stereocenters. The predicted molar refractivity (Wildman–Crippen MR) is 68.6 cm³/mol. The fourth-order valence-electron chi connectivity index (χ4n) is 2.57. The van der Waals surface area contributed by atoms with Gasteiger partial charge in [0.15, 0.2) is 12.6 Å². The first-order chi connectivity index (χ1) is 10.8. The number of rotatable bonds is 4. The molecule has 0 aliphatic carbocycles. The predicted octanol–water partition coefficient (Wildman–Crippen LogP) is -5.40. The quantitative estimate of drug-likeness (QED) is 0.243. The van der Waals surface area contributed by atoms with Crippen molar-refractivity contribution in [1.29, 1.82) is 0 Å². The van der Waals surface area contributed by atoms with E-state index in [1.54, 1.807) is 0 Å². The Morgan fingerprint density at radius 1 is 0.652 bits per heavy atom. The van der Waals surface area contributed by atoms with Crippen LogP contribution in [0.4, 0.5) is 0 Å². The van der Waals surface area contributed by atoms with Gasteiger partial charge in [0.05, 0.1) is 13.2 Å². The number of ether oxygens (including phenoxy) is 3. The van der Waals surface area contributed by atoms with Crippen LogP contribution in [-0.4, -0.2) is 115 Å². The lowest BCUT2D eigenvalue weighted by molar-refractivity contribution is -0.355. The van der Waals surface area contributed by atoms with Crippen LogP contribution >= 0.6 is 0 Å². The second-order valence-electron chi connectivity index (χ2n) is 5.53. The van der Waals surface area contributed by atoms with Gasteiger partial charge in [0.25, 0.3) is 0 Å². The highest BCUT2D eigenvalue weighted by Gasteiger charge is 2.50. The van der Waals surface area contributed by atoms with Crippen molar-refractivity contribution < 1.29 is 55.1 Å². The van der Waals surface area contributed by atoms with E-state index in [4.69, 9.17) is 19.3 Å². The van der Waals surface area contributed by atoms with Gasteiger partial charge in [0, 0.05) is 0 Å². The van der Waals surface area contributed by atoms with E-state index in [0.717, 1.165) is 0 Å². The van der Waals surface area contributed by atoms with Gasteiger partial charge >= 0.3 is 0 Å². The lowest BCUT2D eigenvalue weighted by Gasteiger charge is -2.45. The maximum absolute atomic E-state index is 9.94. The first-order valence-electron chi connectivity index (χ1n) is 7.08. The molecule has 0 aromatic heterocycles. The SMILES string of the molecule is OC[C@H]1O[C@@H](O)[C@H](O)[C@@H](O)C1O[C@@H]1O[C@H](CO)[C@H](O)[C@@H](O)[C@H]1O. The molecule has 2 heterocycles. The summed E-state index contributed by atoms with van der Waals surface area (Å²) in [7, 11) is 0. The van der Waals surface area contributed by atoms with Gasteiger partial charge in [-0.1, -0.05) is 0 Å². The van der Waals surface area contributed by atoms with E-state index in [2.05, 4.69) is 0 Å².